The highest BCUT2D eigenvalue weighted by atomic mass is 35.5. The second-order valence-corrected chi connectivity index (χ2v) is 10.3. The first-order valence-corrected chi connectivity index (χ1v) is 10.7. The minimum absolute atomic E-state index is 0. The maximum absolute atomic E-state index is 12.4. The Kier molecular flexibility index (Phi) is 8.75. The fraction of sp³-hybridized carbons (Fsp3) is 0.588. The first kappa shape index (κ1) is 23.1. The van der Waals surface area contributed by atoms with E-state index in [0.717, 1.165) is 30.0 Å². The SMILES string of the molecule is CC(C)(C)C(=O)NCCc1ccc(S(=O)(=O)NCC2=CCNCC2)s1.Cl. The van der Waals surface area contributed by atoms with Gasteiger partial charge < -0.3 is 10.6 Å². The van der Waals surface area contributed by atoms with Crippen LogP contribution in [0.4, 0.5) is 0 Å². The Morgan fingerprint density at radius 1 is 1.31 bits per heavy atom. The molecule has 0 radical (unpaired) electrons. The van der Waals surface area contributed by atoms with Crippen molar-refractivity contribution in [2.45, 2.75) is 37.8 Å². The van der Waals surface area contributed by atoms with Gasteiger partial charge in [-0.1, -0.05) is 32.4 Å². The molecular formula is C17H28ClN3O3S2. The molecule has 0 saturated heterocycles. The van der Waals surface area contributed by atoms with Crippen molar-refractivity contribution >= 4 is 39.7 Å². The molecule has 2 heterocycles. The zero-order chi connectivity index (χ0) is 18.5. The summed E-state index contributed by atoms with van der Waals surface area (Å²) in [6, 6.07) is 3.44. The van der Waals surface area contributed by atoms with Gasteiger partial charge in [-0.05, 0) is 31.5 Å². The molecule has 26 heavy (non-hydrogen) atoms. The topological polar surface area (TPSA) is 87.3 Å². The van der Waals surface area contributed by atoms with Gasteiger partial charge in [-0.3, -0.25) is 4.79 Å². The van der Waals surface area contributed by atoms with Crippen molar-refractivity contribution in [3.8, 4) is 0 Å². The molecule has 9 heteroatoms. The van der Waals surface area contributed by atoms with Crippen LogP contribution in [0.1, 0.15) is 32.1 Å². The maximum atomic E-state index is 12.4. The number of hydrogen-bond acceptors (Lipinski definition) is 5. The Labute approximate surface area is 166 Å². The molecule has 6 nitrogen and oxygen atoms in total. The number of sulfonamides is 1. The van der Waals surface area contributed by atoms with Crippen LogP contribution in [0.5, 0.6) is 0 Å². The van der Waals surface area contributed by atoms with Gasteiger partial charge >= 0.3 is 0 Å². The summed E-state index contributed by atoms with van der Waals surface area (Å²) in [7, 11) is -3.48. The van der Waals surface area contributed by atoms with E-state index < -0.39 is 15.4 Å². The Hall–Kier alpha value is -0.930. The normalized spacial score (nSPS) is 15.1. The van der Waals surface area contributed by atoms with Gasteiger partial charge in [0.1, 0.15) is 4.21 Å². The first-order chi connectivity index (χ1) is 11.7. The van der Waals surface area contributed by atoms with E-state index >= 15 is 0 Å². The van der Waals surface area contributed by atoms with Crippen molar-refractivity contribution in [3.63, 3.8) is 0 Å². The summed E-state index contributed by atoms with van der Waals surface area (Å²) in [5, 5.41) is 6.08. The van der Waals surface area contributed by atoms with Crippen LogP contribution in [-0.4, -0.2) is 40.5 Å². The third kappa shape index (κ3) is 7.00. The third-order valence-electron chi connectivity index (χ3n) is 3.89. The standard InChI is InChI=1S/C17H27N3O3S2.ClH/c1-17(2,3)16(21)19-11-8-14-4-5-15(24-14)25(22,23)20-12-13-6-9-18-10-7-13;/h4-6,18,20H,7-12H2,1-3H3,(H,19,21);1H. The van der Waals surface area contributed by atoms with Gasteiger partial charge in [-0.2, -0.15) is 0 Å². The zero-order valence-electron chi connectivity index (χ0n) is 15.4. The molecule has 0 fully saturated rings. The van der Waals surface area contributed by atoms with Crippen molar-refractivity contribution in [2.24, 2.45) is 5.41 Å². The molecule has 0 aromatic carbocycles. The van der Waals surface area contributed by atoms with E-state index in [1.807, 2.05) is 32.9 Å². The smallest absolute Gasteiger partial charge is 0.250 e. The highest BCUT2D eigenvalue weighted by Crippen LogP contribution is 2.22. The third-order valence-corrected chi connectivity index (χ3v) is 6.93. The van der Waals surface area contributed by atoms with Crippen molar-refractivity contribution in [3.05, 3.63) is 28.7 Å². The van der Waals surface area contributed by atoms with Crippen molar-refractivity contribution in [1.29, 1.82) is 0 Å². The monoisotopic (exact) mass is 421 g/mol. The summed E-state index contributed by atoms with van der Waals surface area (Å²) in [4.78, 5) is 12.8. The van der Waals surface area contributed by atoms with E-state index in [1.54, 1.807) is 6.07 Å². The molecule has 148 valence electrons. The van der Waals surface area contributed by atoms with Gasteiger partial charge in [-0.15, -0.1) is 23.7 Å². The lowest BCUT2D eigenvalue weighted by Gasteiger charge is -2.17. The summed E-state index contributed by atoms with van der Waals surface area (Å²) in [6.07, 6.45) is 3.52. The number of hydrogen-bond donors (Lipinski definition) is 3. The second kappa shape index (κ2) is 9.85. The largest absolute Gasteiger partial charge is 0.355 e. The maximum Gasteiger partial charge on any atom is 0.250 e. The predicted octanol–water partition coefficient (Wildman–Crippen LogP) is 2.07. The molecule has 3 N–H and O–H groups in total. The van der Waals surface area contributed by atoms with Gasteiger partial charge in [0, 0.05) is 29.9 Å². The van der Waals surface area contributed by atoms with E-state index in [0.29, 0.717) is 23.7 Å². The van der Waals surface area contributed by atoms with Crippen molar-refractivity contribution in [2.75, 3.05) is 26.2 Å². The molecule has 0 atom stereocenters. The number of rotatable bonds is 7. The summed E-state index contributed by atoms with van der Waals surface area (Å²) in [6.45, 7) is 8.13. The fourth-order valence-corrected chi connectivity index (χ4v) is 4.73. The molecule has 0 spiro atoms. The Balaban J connectivity index is 0.00000338. The van der Waals surface area contributed by atoms with Crippen LogP contribution in [0.25, 0.3) is 0 Å². The van der Waals surface area contributed by atoms with Crippen LogP contribution >= 0.6 is 23.7 Å². The van der Waals surface area contributed by atoms with Crippen LogP contribution < -0.4 is 15.4 Å². The predicted molar refractivity (Wildman–Crippen MR) is 108 cm³/mol. The summed E-state index contributed by atoms with van der Waals surface area (Å²) < 4.78 is 27.8. The molecule has 0 aliphatic carbocycles. The summed E-state index contributed by atoms with van der Waals surface area (Å²) in [5.74, 6) is -0.00573. The molecular weight excluding hydrogens is 394 g/mol. The Bertz CT molecular complexity index is 737. The Morgan fingerprint density at radius 3 is 2.65 bits per heavy atom. The molecule has 1 amide bonds. The van der Waals surface area contributed by atoms with Crippen LogP contribution in [0.3, 0.4) is 0 Å². The lowest BCUT2D eigenvalue weighted by atomic mass is 9.96. The molecule has 2 rings (SSSR count). The van der Waals surface area contributed by atoms with Crippen molar-refractivity contribution < 1.29 is 13.2 Å². The molecule has 0 bridgehead atoms. The number of amides is 1. The molecule has 1 aromatic rings. The Morgan fingerprint density at radius 2 is 2.04 bits per heavy atom. The van der Waals surface area contributed by atoms with Gasteiger partial charge in [0.2, 0.25) is 15.9 Å². The van der Waals surface area contributed by atoms with E-state index in [4.69, 9.17) is 0 Å². The average Bonchev–Trinajstić information content (AvgIpc) is 3.03. The molecule has 0 saturated carbocycles. The number of carbonyl (C=O) groups is 1. The highest BCUT2D eigenvalue weighted by molar-refractivity contribution is 7.91. The fourth-order valence-electron chi connectivity index (χ4n) is 2.29. The number of carbonyl (C=O) groups excluding carboxylic acids is 1. The van der Waals surface area contributed by atoms with E-state index in [-0.39, 0.29) is 18.3 Å². The summed E-state index contributed by atoms with van der Waals surface area (Å²) in [5.41, 5.74) is 0.695. The molecule has 1 aromatic heterocycles. The number of halogens is 1. The number of nitrogens with one attached hydrogen (secondary N) is 3. The summed E-state index contributed by atoms with van der Waals surface area (Å²) >= 11 is 1.25. The van der Waals surface area contributed by atoms with Crippen molar-refractivity contribution in [1.82, 2.24) is 15.4 Å². The quantitative estimate of drug-likeness (QED) is 0.588. The van der Waals surface area contributed by atoms with Crippen LogP contribution in [0.2, 0.25) is 0 Å². The minimum atomic E-state index is -3.48. The van der Waals surface area contributed by atoms with E-state index in [1.165, 1.54) is 11.3 Å². The van der Waals surface area contributed by atoms with Crippen LogP contribution in [0.15, 0.2) is 28.0 Å². The second-order valence-electron chi connectivity index (χ2n) is 7.12. The van der Waals surface area contributed by atoms with E-state index in [2.05, 4.69) is 15.4 Å². The van der Waals surface area contributed by atoms with Crippen LogP contribution in [-0.2, 0) is 21.2 Å². The average molecular weight is 422 g/mol. The van der Waals surface area contributed by atoms with Gasteiger partial charge in [-0.25, -0.2) is 13.1 Å². The van der Waals surface area contributed by atoms with Gasteiger partial charge in [0.05, 0.1) is 0 Å². The lowest BCUT2D eigenvalue weighted by Crippen LogP contribution is -2.35. The molecule has 0 unspecified atom stereocenters. The molecule has 1 aliphatic rings. The highest BCUT2D eigenvalue weighted by Gasteiger charge is 2.21. The van der Waals surface area contributed by atoms with E-state index in [9.17, 15) is 13.2 Å². The lowest BCUT2D eigenvalue weighted by molar-refractivity contribution is -0.128. The first-order valence-electron chi connectivity index (χ1n) is 8.44. The molecule has 1 aliphatic heterocycles. The van der Waals surface area contributed by atoms with Crippen LogP contribution in [0, 0.1) is 5.41 Å². The minimum Gasteiger partial charge on any atom is -0.355 e. The van der Waals surface area contributed by atoms with Gasteiger partial charge in [0.25, 0.3) is 0 Å². The number of thiophene rings is 1. The van der Waals surface area contributed by atoms with Gasteiger partial charge in [0.15, 0.2) is 0 Å². The zero-order valence-corrected chi connectivity index (χ0v) is 17.9.